The van der Waals surface area contributed by atoms with Crippen molar-refractivity contribution in [2.45, 2.75) is 18.6 Å². The summed E-state index contributed by atoms with van der Waals surface area (Å²) in [5.41, 5.74) is 1.91. The molecular formula is C16H16N4O2S. The molecule has 0 bridgehead atoms. The number of aromatic nitrogens is 3. The van der Waals surface area contributed by atoms with Crippen molar-refractivity contribution >= 4 is 34.4 Å². The summed E-state index contributed by atoms with van der Waals surface area (Å²) in [6.45, 7) is 2.82. The maximum absolute atomic E-state index is 12.0. The van der Waals surface area contributed by atoms with E-state index < -0.39 is 0 Å². The molecule has 2 heterocycles. The lowest BCUT2D eigenvalue weighted by molar-refractivity contribution is -0.113. The predicted molar refractivity (Wildman–Crippen MR) is 91.8 cm³/mol. The van der Waals surface area contributed by atoms with E-state index in [-0.39, 0.29) is 22.9 Å². The average Bonchev–Trinajstić information content (AvgIpc) is 2.92. The summed E-state index contributed by atoms with van der Waals surface area (Å²) in [7, 11) is 0. The van der Waals surface area contributed by atoms with Gasteiger partial charge in [-0.3, -0.25) is 9.59 Å². The Labute approximate surface area is 136 Å². The fourth-order valence-electron chi connectivity index (χ4n) is 2.31. The quantitative estimate of drug-likeness (QED) is 0.705. The second-order valence-corrected chi connectivity index (χ2v) is 5.82. The van der Waals surface area contributed by atoms with Crippen LogP contribution >= 0.6 is 11.8 Å². The van der Waals surface area contributed by atoms with Crippen molar-refractivity contribution in [1.82, 2.24) is 14.5 Å². The highest BCUT2D eigenvalue weighted by molar-refractivity contribution is 7.99. The summed E-state index contributed by atoms with van der Waals surface area (Å²) in [6, 6.07) is 11.1. The lowest BCUT2D eigenvalue weighted by Crippen LogP contribution is -2.20. The number of benzene rings is 1. The summed E-state index contributed by atoms with van der Waals surface area (Å²) in [6.07, 6.45) is 1.52. The van der Waals surface area contributed by atoms with E-state index in [9.17, 15) is 9.59 Å². The van der Waals surface area contributed by atoms with Gasteiger partial charge in [0.1, 0.15) is 5.69 Å². The molecule has 3 aromatic rings. The molecule has 0 fully saturated rings. The monoisotopic (exact) mass is 328 g/mol. The van der Waals surface area contributed by atoms with Gasteiger partial charge in [-0.25, -0.2) is 4.98 Å². The van der Waals surface area contributed by atoms with E-state index in [0.29, 0.717) is 0 Å². The number of hydrogen-bond acceptors (Lipinski definition) is 4. The van der Waals surface area contributed by atoms with Crippen LogP contribution in [-0.2, 0) is 11.3 Å². The number of carbonyl (C=O) groups excluding carboxylic acids is 1. The molecule has 0 aliphatic rings. The number of pyridine rings is 1. The Morgan fingerprint density at radius 1 is 1.30 bits per heavy atom. The van der Waals surface area contributed by atoms with Crippen LogP contribution in [-0.4, -0.2) is 26.2 Å². The first kappa shape index (κ1) is 15.4. The van der Waals surface area contributed by atoms with Crippen LogP contribution in [0, 0.1) is 0 Å². The number of nitrogens with one attached hydrogen (secondary N) is 2. The van der Waals surface area contributed by atoms with Crippen LogP contribution in [0.4, 0.5) is 5.69 Å². The van der Waals surface area contributed by atoms with E-state index in [1.807, 2.05) is 31.2 Å². The number of H-pyrrole nitrogens is 1. The van der Waals surface area contributed by atoms with Crippen molar-refractivity contribution in [1.29, 1.82) is 0 Å². The van der Waals surface area contributed by atoms with Gasteiger partial charge in [0.05, 0.1) is 16.8 Å². The Bertz CT molecular complexity index is 900. The highest BCUT2D eigenvalue weighted by Crippen LogP contribution is 2.23. The topological polar surface area (TPSA) is 79.8 Å². The molecule has 3 rings (SSSR count). The largest absolute Gasteiger partial charge is 0.327 e. The SMILES string of the molecule is CCn1c(SCC(=O)Nc2ccc[nH]c2=O)nc2ccccc21. The average molecular weight is 328 g/mol. The van der Waals surface area contributed by atoms with Crippen LogP contribution in [0.15, 0.2) is 52.5 Å². The number of amides is 1. The molecule has 0 aliphatic heterocycles. The number of rotatable bonds is 5. The van der Waals surface area contributed by atoms with E-state index in [0.717, 1.165) is 22.7 Å². The summed E-state index contributed by atoms with van der Waals surface area (Å²) >= 11 is 1.36. The lowest BCUT2D eigenvalue weighted by atomic mass is 10.3. The minimum absolute atomic E-state index is 0.192. The van der Waals surface area contributed by atoms with Gasteiger partial charge >= 0.3 is 0 Å². The number of para-hydroxylation sites is 2. The zero-order valence-corrected chi connectivity index (χ0v) is 13.4. The fraction of sp³-hybridized carbons (Fsp3) is 0.188. The normalized spacial score (nSPS) is 10.8. The summed E-state index contributed by atoms with van der Waals surface area (Å²) in [5, 5.41) is 3.41. The van der Waals surface area contributed by atoms with Gasteiger partial charge in [0.25, 0.3) is 5.56 Å². The van der Waals surface area contributed by atoms with Gasteiger partial charge in [-0.1, -0.05) is 23.9 Å². The molecule has 0 radical (unpaired) electrons. The molecule has 0 saturated carbocycles. The third-order valence-electron chi connectivity index (χ3n) is 3.36. The number of hydrogen-bond donors (Lipinski definition) is 2. The van der Waals surface area contributed by atoms with E-state index in [2.05, 4.69) is 19.9 Å². The first-order valence-corrected chi connectivity index (χ1v) is 8.23. The van der Waals surface area contributed by atoms with Gasteiger partial charge in [-0.05, 0) is 31.2 Å². The van der Waals surface area contributed by atoms with Crippen molar-refractivity contribution < 1.29 is 4.79 Å². The van der Waals surface area contributed by atoms with Crippen molar-refractivity contribution in [2.75, 3.05) is 11.1 Å². The van der Waals surface area contributed by atoms with Crippen LogP contribution in [0.1, 0.15) is 6.92 Å². The maximum atomic E-state index is 12.0. The van der Waals surface area contributed by atoms with Crippen molar-refractivity contribution in [3.05, 3.63) is 52.9 Å². The van der Waals surface area contributed by atoms with E-state index in [1.165, 1.54) is 18.0 Å². The van der Waals surface area contributed by atoms with Crippen LogP contribution in [0.3, 0.4) is 0 Å². The number of carbonyl (C=O) groups is 1. The molecule has 0 spiro atoms. The molecular weight excluding hydrogens is 312 g/mol. The number of aromatic amines is 1. The molecule has 1 aromatic carbocycles. The molecule has 2 aromatic heterocycles. The van der Waals surface area contributed by atoms with Gasteiger partial charge in [0.15, 0.2) is 5.16 Å². The molecule has 23 heavy (non-hydrogen) atoms. The van der Waals surface area contributed by atoms with Crippen LogP contribution < -0.4 is 10.9 Å². The predicted octanol–water partition coefficient (Wildman–Crippen LogP) is 2.48. The minimum atomic E-state index is -0.313. The molecule has 0 atom stereocenters. The van der Waals surface area contributed by atoms with E-state index >= 15 is 0 Å². The number of thioether (sulfide) groups is 1. The Kier molecular flexibility index (Phi) is 4.47. The van der Waals surface area contributed by atoms with Gasteiger partial charge in [-0.15, -0.1) is 0 Å². The molecule has 0 unspecified atom stereocenters. The van der Waals surface area contributed by atoms with Crippen molar-refractivity contribution in [2.24, 2.45) is 0 Å². The molecule has 2 N–H and O–H groups in total. The molecule has 0 saturated heterocycles. The molecule has 0 aliphatic carbocycles. The number of imidazole rings is 1. The molecule has 118 valence electrons. The highest BCUT2D eigenvalue weighted by Gasteiger charge is 2.12. The number of aryl methyl sites for hydroxylation is 1. The highest BCUT2D eigenvalue weighted by atomic mass is 32.2. The Balaban J connectivity index is 1.72. The van der Waals surface area contributed by atoms with Crippen LogP contribution in [0.25, 0.3) is 11.0 Å². The van der Waals surface area contributed by atoms with Crippen LogP contribution in [0.5, 0.6) is 0 Å². The fourth-order valence-corrected chi connectivity index (χ4v) is 3.18. The second-order valence-electron chi connectivity index (χ2n) is 4.88. The lowest BCUT2D eigenvalue weighted by Gasteiger charge is -2.06. The second kappa shape index (κ2) is 6.70. The number of anilines is 1. The van der Waals surface area contributed by atoms with Crippen molar-refractivity contribution in [3.8, 4) is 0 Å². The van der Waals surface area contributed by atoms with Gasteiger partial charge in [0, 0.05) is 12.7 Å². The Hall–Kier alpha value is -2.54. The Morgan fingerprint density at radius 3 is 2.91 bits per heavy atom. The van der Waals surface area contributed by atoms with Crippen molar-refractivity contribution in [3.63, 3.8) is 0 Å². The number of nitrogens with zero attached hydrogens (tertiary/aromatic N) is 2. The number of fused-ring (bicyclic) bond motifs is 1. The molecule has 1 amide bonds. The third kappa shape index (κ3) is 3.29. The summed E-state index contributed by atoms with van der Waals surface area (Å²) in [5.74, 6) is -0.0427. The first-order valence-electron chi connectivity index (χ1n) is 7.24. The van der Waals surface area contributed by atoms with Gasteiger partial charge < -0.3 is 14.9 Å². The summed E-state index contributed by atoms with van der Waals surface area (Å²) in [4.78, 5) is 30.7. The first-order chi connectivity index (χ1) is 11.2. The van der Waals surface area contributed by atoms with Crippen LogP contribution in [0.2, 0.25) is 0 Å². The third-order valence-corrected chi connectivity index (χ3v) is 4.34. The van der Waals surface area contributed by atoms with E-state index in [4.69, 9.17) is 0 Å². The zero-order valence-electron chi connectivity index (χ0n) is 12.6. The standard InChI is InChI=1S/C16H16N4O2S/c1-2-20-13-8-4-3-6-11(13)19-16(20)23-10-14(21)18-12-7-5-9-17-15(12)22/h3-9H,2,10H2,1H3,(H,17,22)(H,18,21). The smallest absolute Gasteiger partial charge is 0.271 e. The van der Waals surface area contributed by atoms with Gasteiger partial charge in [0.2, 0.25) is 5.91 Å². The molecule has 7 heteroatoms. The molecule has 6 nitrogen and oxygen atoms in total. The van der Waals surface area contributed by atoms with E-state index in [1.54, 1.807) is 12.1 Å². The maximum Gasteiger partial charge on any atom is 0.271 e. The minimum Gasteiger partial charge on any atom is -0.327 e. The zero-order chi connectivity index (χ0) is 16.2. The Morgan fingerprint density at radius 2 is 2.13 bits per heavy atom. The van der Waals surface area contributed by atoms with Gasteiger partial charge in [-0.2, -0.15) is 0 Å². The summed E-state index contributed by atoms with van der Waals surface area (Å²) < 4.78 is 2.07.